The second kappa shape index (κ2) is 7.66. The van der Waals surface area contributed by atoms with E-state index in [2.05, 4.69) is 6.07 Å². The summed E-state index contributed by atoms with van der Waals surface area (Å²) in [5, 5.41) is 8.75. The highest BCUT2D eigenvalue weighted by molar-refractivity contribution is 6.03. The van der Waals surface area contributed by atoms with E-state index >= 15 is 0 Å². The first kappa shape index (κ1) is 14.5. The summed E-state index contributed by atoms with van der Waals surface area (Å²) < 4.78 is 0. The van der Waals surface area contributed by atoms with Crippen molar-refractivity contribution in [3.05, 3.63) is 72.3 Å². The third-order valence-corrected chi connectivity index (χ3v) is 3.00. The average molecular weight is 276 g/mol. The Morgan fingerprint density at radius 1 is 1.05 bits per heavy atom. The maximum absolute atomic E-state index is 12.4. The summed E-state index contributed by atoms with van der Waals surface area (Å²) >= 11 is 0. The fourth-order valence-corrected chi connectivity index (χ4v) is 1.96. The van der Waals surface area contributed by atoms with E-state index in [9.17, 15) is 4.79 Å². The third kappa shape index (κ3) is 4.32. The fourth-order valence-electron chi connectivity index (χ4n) is 1.96. The van der Waals surface area contributed by atoms with E-state index in [4.69, 9.17) is 5.26 Å². The first-order valence-electron chi connectivity index (χ1n) is 6.78. The van der Waals surface area contributed by atoms with Crippen LogP contribution in [-0.4, -0.2) is 12.5 Å². The molecule has 3 nitrogen and oxygen atoms in total. The SMILES string of the molecule is N#CCCN(C(=O)/C=C/c1ccccc1)c1ccccc1. The summed E-state index contributed by atoms with van der Waals surface area (Å²) in [6, 6.07) is 21.1. The van der Waals surface area contributed by atoms with Crippen molar-refractivity contribution in [1.29, 1.82) is 5.26 Å². The summed E-state index contributed by atoms with van der Waals surface area (Å²) in [4.78, 5) is 14.0. The van der Waals surface area contributed by atoms with Gasteiger partial charge in [0.2, 0.25) is 0 Å². The topological polar surface area (TPSA) is 44.1 Å². The number of carbonyl (C=O) groups excluding carboxylic acids is 1. The zero-order chi connectivity index (χ0) is 14.9. The van der Waals surface area contributed by atoms with Crippen LogP contribution in [0.5, 0.6) is 0 Å². The van der Waals surface area contributed by atoms with Crippen LogP contribution >= 0.6 is 0 Å². The molecule has 0 bridgehead atoms. The molecule has 0 aliphatic heterocycles. The van der Waals surface area contributed by atoms with Crippen LogP contribution in [0.4, 0.5) is 5.69 Å². The summed E-state index contributed by atoms with van der Waals surface area (Å²) in [7, 11) is 0. The van der Waals surface area contributed by atoms with Crippen LogP contribution in [0.1, 0.15) is 12.0 Å². The van der Waals surface area contributed by atoms with Gasteiger partial charge >= 0.3 is 0 Å². The number of nitrogens with zero attached hydrogens (tertiary/aromatic N) is 2. The molecule has 0 saturated carbocycles. The van der Waals surface area contributed by atoms with E-state index in [0.717, 1.165) is 11.3 Å². The smallest absolute Gasteiger partial charge is 0.251 e. The highest BCUT2D eigenvalue weighted by Crippen LogP contribution is 2.14. The van der Waals surface area contributed by atoms with E-state index < -0.39 is 0 Å². The maximum Gasteiger partial charge on any atom is 0.251 e. The standard InChI is InChI=1S/C18H16N2O/c19-14-7-15-20(17-10-5-2-6-11-17)18(21)13-12-16-8-3-1-4-9-16/h1-6,8-13H,7,15H2/b13-12+. The molecular formula is C18H16N2O. The molecule has 0 spiro atoms. The number of hydrogen-bond acceptors (Lipinski definition) is 2. The summed E-state index contributed by atoms with van der Waals surface area (Å²) in [6.07, 6.45) is 3.63. The van der Waals surface area contributed by atoms with Crippen molar-refractivity contribution >= 4 is 17.7 Å². The minimum absolute atomic E-state index is 0.125. The number of anilines is 1. The number of rotatable bonds is 5. The number of hydrogen-bond donors (Lipinski definition) is 0. The van der Waals surface area contributed by atoms with Crippen LogP contribution in [-0.2, 0) is 4.79 Å². The molecule has 0 heterocycles. The molecule has 3 heteroatoms. The van der Waals surface area contributed by atoms with Gasteiger partial charge in [0.25, 0.3) is 5.91 Å². The molecule has 0 saturated heterocycles. The predicted octanol–water partition coefficient (Wildman–Crippen LogP) is 3.65. The monoisotopic (exact) mass is 276 g/mol. The lowest BCUT2D eigenvalue weighted by Gasteiger charge is -2.20. The lowest BCUT2D eigenvalue weighted by atomic mass is 10.2. The lowest BCUT2D eigenvalue weighted by Crippen LogP contribution is -2.30. The Morgan fingerprint density at radius 2 is 1.67 bits per heavy atom. The summed E-state index contributed by atoms with van der Waals surface area (Å²) in [5.74, 6) is -0.125. The Hall–Kier alpha value is -2.86. The first-order valence-corrected chi connectivity index (χ1v) is 6.78. The van der Waals surface area contributed by atoms with E-state index in [0.29, 0.717) is 13.0 Å². The Morgan fingerprint density at radius 3 is 2.29 bits per heavy atom. The molecule has 0 aliphatic rings. The van der Waals surface area contributed by atoms with Crippen LogP contribution in [0.3, 0.4) is 0 Å². The predicted molar refractivity (Wildman–Crippen MR) is 84.5 cm³/mol. The molecule has 0 radical (unpaired) electrons. The number of carbonyl (C=O) groups is 1. The van der Waals surface area contributed by atoms with Crippen molar-refractivity contribution in [3.8, 4) is 6.07 Å². The lowest BCUT2D eigenvalue weighted by molar-refractivity contribution is -0.114. The van der Waals surface area contributed by atoms with Gasteiger partial charge in [-0.15, -0.1) is 0 Å². The van der Waals surface area contributed by atoms with Crippen molar-refractivity contribution in [2.45, 2.75) is 6.42 Å². The highest BCUT2D eigenvalue weighted by Gasteiger charge is 2.12. The van der Waals surface area contributed by atoms with Crippen LogP contribution in [0, 0.1) is 11.3 Å². The maximum atomic E-state index is 12.4. The zero-order valence-corrected chi connectivity index (χ0v) is 11.6. The first-order chi connectivity index (χ1) is 10.3. The summed E-state index contributed by atoms with van der Waals surface area (Å²) in [5.41, 5.74) is 1.77. The second-order valence-electron chi connectivity index (χ2n) is 4.48. The Labute approximate surface area is 124 Å². The van der Waals surface area contributed by atoms with Crippen molar-refractivity contribution in [2.24, 2.45) is 0 Å². The molecule has 0 N–H and O–H groups in total. The Balaban J connectivity index is 2.15. The minimum atomic E-state index is -0.125. The molecule has 0 atom stereocenters. The highest BCUT2D eigenvalue weighted by atomic mass is 16.2. The van der Waals surface area contributed by atoms with E-state index in [-0.39, 0.29) is 5.91 Å². The zero-order valence-electron chi connectivity index (χ0n) is 11.6. The average Bonchev–Trinajstić information content (AvgIpc) is 2.55. The molecule has 0 aromatic heterocycles. The van der Waals surface area contributed by atoms with Gasteiger partial charge in [0.05, 0.1) is 12.5 Å². The molecule has 2 aromatic rings. The van der Waals surface area contributed by atoms with Crippen molar-refractivity contribution in [3.63, 3.8) is 0 Å². The van der Waals surface area contributed by atoms with Crippen LogP contribution in [0.15, 0.2) is 66.7 Å². The number of amides is 1. The molecule has 0 aliphatic carbocycles. The molecule has 104 valence electrons. The van der Waals surface area contributed by atoms with Gasteiger partial charge in [0.15, 0.2) is 0 Å². The van der Waals surface area contributed by atoms with Crippen molar-refractivity contribution in [1.82, 2.24) is 0 Å². The number of benzene rings is 2. The Kier molecular flexibility index (Phi) is 5.31. The molecule has 2 rings (SSSR count). The van der Waals surface area contributed by atoms with E-state index in [1.54, 1.807) is 17.1 Å². The van der Waals surface area contributed by atoms with Gasteiger partial charge in [-0.05, 0) is 23.8 Å². The normalized spacial score (nSPS) is 10.2. The Bertz CT molecular complexity index is 642. The second-order valence-corrected chi connectivity index (χ2v) is 4.48. The van der Waals surface area contributed by atoms with Crippen LogP contribution < -0.4 is 4.90 Å². The van der Waals surface area contributed by atoms with Gasteiger partial charge < -0.3 is 4.90 Å². The molecule has 0 unspecified atom stereocenters. The van der Waals surface area contributed by atoms with E-state index in [1.807, 2.05) is 60.7 Å². The van der Waals surface area contributed by atoms with Gasteiger partial charge in [-0.2, -0.15) is 5.26 Å². The molecule has 1 amide bonds. The van der Waals surface area contributed by atoms with Gasteiger partial charge in [-0.1, -0.05) is 48.5 Å². The van der Waals surface area contributed by atoms with Crippen molar-refractivity contribution in [2.75, 3.05) is 11.4 Å². The van der Waals surface area contributed by atoms with Crippen LogP contribution in [0.2, 0.25) is 0 Å². The van der Waals surface area contributed by atoms with Gasteiger partial charge in [-0.25, -0.2) is 0 Å². The minimum Gasteiger partial charge on any atom is -0.308 e. The van der Waals surface area contributed by atoms with Gasteiger partial charge in [0, 0.05) is 18.3 Å². The van der Waals surface area contributed by atoms with Crippen LogP contribution in [0.25, 0.3) is 6.08 Å². The van der Waals surface area contributed by atoms with Gasteiger partial charge in [-0.3, -0.25) is 4.79 Å². The fraction of sp³-hybridized carbons (Fsp3) is 0.111. The molecule has 2 aromatic carbocycles. The number of nitriles is 1. The third-order valence-electron chi connectivity index (χ3n) is 3.00. The van der Waals surface area contributed by atoms with Crippen molar-refractivity contribution < 1.29 is 4.79 Å². The molecule has 0 fully saturated rings. The van der Waals surface area contributed by atoms with Gasteiger partial charge in [0.1, 0.15) is 0 Å². The molecule has 21 heavy (non-hydrogen) atoms. The number of para-hydroxylation sites is 1. The molecular weight excluding hydrogens is 260 g/mol. The van der Waals surface area contributed by atoms with E-state index in [1.165, 1.54) is 0 Å². The quantitative estimate of drug-likeness (QED) is 0.782. The largest absolute Gasteiger partial charge is 0.308 e. The summed E-state index contributed by atoms with van der Waals surface area (Å²) in [6.45, 7) is 0.387.